The van der Waals surface area contributed by atoms with E-state index in [1.807, 2.05) is 51.1 Å². The molecule has 1 unspecified atom stereocenters. The van der Waals surface area contributed by atoms with Gasteiger partial charge in [0.1, 0.15) is 26.4 Å². The van der Waals surface area contributed by atoms with Gasteiger partial charge < -0.3 is 14.2 Å². The van der Waals surface area contributed by atoms with E-state index in [1.165, 1.54) is 0 Å². The Hall–Kier alpha value is -1.41. The highest BCUT2D eigenvalue weighted by Crippen LogP contribution is 2.23. The van der Waals surface area contributed by atoms with Crippen LogP contribution in [-0.2, 0) is 16.1 Å². The number of pyridine rings is 1. The average molecular weight is 450 g/mol. The minimum absolute atomic E-state index is 0.439. The summed E-state index contributed by atoms with van der Waals surface area (Å²) in [6, 6.07) is 13.9. The summed E-state index contributed by atoms with van der Waals surface area (Å²) in [5.41, 5.74) is 3.38. The lowest BCUT2D eigenvalue weighted by molar-refractivity contribution is 0.122. The van der Waals surface area contributed by atoms with Gasteiger partial charge in [-0.3, -0.25) is 0 Å². The first kappa shape index (κ1) is 20.3. The van der Waals surface area contributed by atoms with Gasteiger partial charge in [-0.05, 0) is 61.0 Å². The molecule has 2 heterocycles. The highest BCUT2D eigenvalue weighted by molar-refractivity contribution is 9.10. The quantitative estimate of drug-likeness (QED) is 0.402. The number of hydrogen-bond donors (Lipinski definition) is 0. The monoisotopic (exact) mass is 449 g/mol. The van der Waals surface area contributed by atoms with Crippen LogP contribution < -0.4 is 4.90 Å². The van der Waals surface area contributed by atoms with Crippen molar-refractivity contribution >= 4 is 38.7 Å². The molecule has 1 aliphatic rings. The van der Waals surface area contributed by atoms with Crippen LogP contribution in [0.15, 0.2) is 51.5 Å². The fourth-order valence-electron chi connectivity index (χ4n) is 2.66. The molecule has 1 aromatic carbocycles. The Kier molecular flexibility index (Phi) is 6.57. The second-order valence-electron chi connectivity index (χ2n) is 7.29. The van der Waals surface area contributed by atoms with E-state index in [-0.39, 0.29) is 0 Å². The number of ether oxygens (including phenoxy) is 1. The average Bonchev–Trinajstić information content (AvgIpc) is 2.66. The number of morpholine rings is 1. The van der Waals surface area contributed by atoms with Gasteiger partial charge in [0.25, 0.3) is 0 Å². The summed E-state index contributed by atoms with van der Waals surface area (Å²) in [4.78, 5) is 6.82. The van der Waals surface area contributed by atoms with E-state index in [1.54, 1.807) is 0 Å². The molecule has 0 spiro atoms. The van der Waals surface area contributed by atoms with Gasteiger partial charge in [0, 0.05) is 24.3 Å². The van der Waals surface area contributed by atoms with Crippen molar-refractivity contribution in [2.45, 2.75) is 25.5 Å². The predicted octanol–water partition coefficient (Wildman–Crippen LogP) is 3.98. The van der Waals surface area contributed by atoms with Crippen LogP contribution >= 0.6 is 15.9 Å². The van der Waals surface area contributed by atoms with Gasteiger partial charge in [0.2, 0.25) is 0 Å². The summed E-state index contributed by atoms with van der Waals surface area (Å²) in [7, 11) is 0. The molecule has 3 rings (SSSR count). The van der Waals surface area contributed by atoms with Crippen LogP contribution in [0.2, 0.25) is 0 Å². The third-order valence-corrected chi connectivity index (χ3v) is 6.01. The lowest BCUT2D eigenvalue weighted by Gasteiger charge is -2.29. The summed E-state index contributed by atoms with van der Waals surface area (Å²) in [6.45, 7) is 9.03. The van der Waals surface area contributed by atoms with E-state index in [2.05, 4.69) is 42.3 Å². The van der Waals surface area contributed by atoms with Gasteiger partial charge in [-0.2, -0.15) is 0 Å². The molecule has 0 N–H and O–H groups in total. The molecule has 27 heavy (non-hydrogen) atoms. The van der Waals surface area contributed by atoms with Gasteiger partial charge >= 0.3 is 0 Å². The molecule has 0 amide bonds. The Morgan fingerprint density at radius 1 is 1.15 bits per heavy atom. The van der Waals surface area contributed by atoms with Crippen LogP contribution in [0.25, 0.3) is 0 Å². The standard InChI is InChI=1S/C20H24BrN3O2S/c1-20(2,3)27(25)23-19(17-5-4-6-18(21)22-17)15-7-9-16(10-8-15)24-11-13-26-14-12-24/h4-10H,11-14H2,1-3H3. The predicted molar refractivity (Wildman–Crippen MR) is 115 cm³/mol. The fraction of sp³-hybridized carbons (Fsp3) is 0.400. The fourth-order valence-corrected chi connectivity index (χ4v) is 3.64. The minimum Gasteiger partial charge on any atom is -0.591 e. The maximum atomic E-state index is 12.7. The summed E-state index contributed by atoms with van der Waals surface area (Å²) in [6.07, 6.45) is 0. The van der Waals surface area contributed by atoms with Crippen molar-refractivity contribution in [1.29, 1.82) is 0 Å². The smallest absolute Gasteiger partial charge is 0.147 e. The van der Waals surface area contributed by atoms with Crippen molar-refractivity contribution in [2.75, 3.05) is 31.2 Å². The summed E-state index contributed by atoms with van der Waals surface area (Å²) in [5, 5.41) is 0. The number of rotatable bonds is 4. The maximum Gasteiger partial charge on any atom is 0.147 e. The Labute approximate surface area is 172 Å². The normalized spacial score (nSPS) is 17.1. The topological polar surface area (TPSA) is 60.8 Å². The number of nitrogens with zero attached hydrogens (tertiary/aromatic N) is 3. The Morgan fingerprint density at radius 3 is 2.41 bits per heavy atom. The number of anilines is 1. The SMILES string of the molecule is CC(C)(C)[S+]([O-])N=C(c1ccc(N2CCOCC2)cc1)c1cccc(Br)n1. The number of benzene rings is 1. The van der Waals surface area contributed by atoms with Crippen molar-refractivity contribution in [3.8, 4) is 0 Å². The highest BCUT2D eigenvalue weighted by Gasteiger charge is 2.28. The molecule has 144 valence electrons. The molecular weight excluding hydrogens is 426 g/mol. The first-order valence-electron chi connectivity index (χ1n) is 8.91. The molecule has 0 aliphatic carbocycles. The summed E-state index contributed by atoms with van der Waals surface area (Å²) in [5.74, 6) is 0. The van der Waals surface area contributed by atoms with Crippen LogP contribution in [0, 0.1) is 0 Å². The lowest BCUT2D eigenvalue weighted by Crippen LogP contribution is -2.36. The summed E-state index contributed by atoms with van der Waals surface area (Å²) >= 11 is 2.03. The lowest BCUT2D eigenvalue weighted by atomic mass is 10.1. The van der Waals surface area contributed by atoms with Crippen molar-refractivity contribution in [3.05, 3.63) is 58.3 Å². The van der Waals surface area contributed by atoms with Gasteiger partial charge in [-0.1, -0.05) is 22.6 Å². The van der Waals surface area contributed by atoms with Crippen LogP contribution in [0.5, 0.6) is 0 Å². The highest BCUT2D eigenvalue weighted by atomic mass is 79.9. The molecule has 1 saturated heterocycles. The van der Waals surface area contributed by atoms with Crippen molar-refractivity contribution < 1.29 is 9.29 Å². The van der Waals surface area contributed by atoms with Crippen molar-refractivity contribution in [1.82, 2.24) is 4.98 Å². The van der Waals surface area contributed by atoms with E-state index in [0.717, 1.165) is 42.2 Å². The first-order valence-corrected chi connectivity index (χ1v) is 10.8. The third kappa shape index (κ3) is 5.31. The van der Waals surface area contributed by atoms with E-state index in [0.29, 0.717) is 11.4 Å². The van der Waals surface area contributed by atoms with Gasteiger partial charge in [0.15, 0.2) is 0 Å². The van der Waals surface area contributed by atoms with E-state index in [9.17, 15) is 4.55 Å². The minimum atomic E-state index is -1.38. The van der Waals surface area contributed by atoms with E-state index in [4.69, 9.17) is 4.74 Å². The van der Waals surface area contributed by atoms with Crippen LogP contribution in [0.3, 0.4) is 0 Å². The maximum absolute atomic E-state index is 12.7. The summed E-state index contributed by atoms with van der Waals surface area (Å²) < 4.78 is 22.9. The zero-order valence-electron chi connectivity index (χ0n) is 15.8. The number of halogens is 1. The van der Waals surface area contributed by atoms with E-state index < -0.39 is 16.1 Å². The molecule has 0 radical (unpaired) electrons. The van der Waals surface area contributed by atoms with Gasteiger partial charge in [0.05, 0.1) is 18.9 Å². The second-order valence-corrected chi connectivity index (χ2v) is 10.0. The molecule has 2 aromatic rings. The van der Waals surface area contributed by atoms with Crippen molar-refractivity contribution in [2.24, 2.45) is 4.40 Å². The molecule has 0 bridgehead atoms. The molecular formula is C20H24BrN3O2S. The molecule has 1 fully saturated rings. The van der Waals surface area contributed by atoms with Crippen molar-refractivity contribution in [3.63, 3.8) is 0 Å². The van der Waals surface area contributed by atoms with Gasteiger partial charge in [-0.25, -0.2) is 4.98 Å². The molecule has 1 aliphatic heterocycles. The Bertz CT molecular complexity index is 800. The molecule has 1 aromatic heterocycles. The molecule has 0 saturated carbocycles. The van der Waals surface area contributed by atoms with E-state index >= 15 is 0 Å². The van der Waals surface area contributed by atoms with Gasteiger partial charge in [-0.15, -0.1) is 0 Å². The molecule has 5 nitrogen and oxygen atoms in total. The number of aromatic nitrogens is 1. The zero-order valence-corrected chi connectivity index (χ0v) is 18.2. The molecule has 7 heteroatoms. The number of hydrogen-bond acceptors (Lipinski definition) is 5. The Balaban J connectivity index is 1.96. The van der Waals surface area contributed by atoms with Crippen LogP contribution in [-0.4, -0.2) is 46.3 Å². The zero-order chi connectivity index (χ0) is 19.4. The Morgan fingerprint density at radius 2 is 1.81 bits per heavy atom. The van der Waals surface area contributed by atoms with Crippen LogP contribution in [0.1, 0.15) is 32.0 Å². The second kappa shape index (κ2) is 8.73. The first-order chi connectivity index (χ1) is 12.8. The largest absolute Gasteiger partial charge is 0.591 e. The molecule has 1 atom stereocenters. The third-order valence-electron chi connectivity index (χ3n) is 4.17. The van der Waals surface area contributed by atoms with Crippen LogP contribution in [0.4, 0.5) is 5.69 Å².